The van der Waals surface area contributed by atoms with Gasteiger partial charge in [0.25, 0.3) is 0 Å². The maximum atomic E-state index is 15.5. The van der Waals surface area contributed by atoms with E-state index in [1.165, 1.54) is 18.2 Å². The number of carboxylic acid groups (broad SMARTS) is 1. The molecule has 5 aromatic rings. The van der Waals surface area contributed by atoms with Gasteiger partial charge < -0.3 is 19.1 Å². The lowest BCUT2D eigenvalue weighted by Crippen LogP contribution is -2.10. The zero-order valence-electron chi connectivity index (χ0n) is 22.9. The number of hydrogen-bond acceptors (Lipinski definition) is 5. The number of aryl methyl sites for hydroxylation is 2. The highest BCUT2D eigenvalue weighted by molar-refractivity contribution is 5.92. The number of carboxylic acids is 1. The Hall–Kier alpha value is -4.63. The number of aromatic nitrogens is 3. The fraction of sp³-hybridized carbons (Fsp3) is 0.219. The Morgan fingerprint density at radius 2 is 1.71 bits per heavy atom. The number of carbonyl (C=O) groups is 1. The first-order chi connectivity index (χ1) is 19.7. The Morgan fingerprint density at radius 3 is 2.44 bits per heavy atom. The highest BCUT2D eigenvalue weighted by atomic mass is 19.1. The van der Waals surface area contributed by atoms with Crippen LogP contribution in [0.3, 0.4) is 0 Å². The number of methoxy groups -OCH3 is 1. The van der Waals surface area contributed by atoms with Crippen LogP contribution in [-0.4, -0.2) is 39.3 Å². The third-order valence-corrected chi connectivity index (χ3v) is 6.92. The molecule has 7 nitrogen and oxygen atoms in total. The molecule has 0 saturated heterocycles. The van der Waals surface area contributed by atoms with Crippen molar-refractivity contribution in [2.24, 2.45) is 0 Å². The third kappa shape index (κ3) is 6.10. The van der Waals surface area contributed by atoms with Crippen molar-refractivity contribution in [1.29, 1.82) is 0 Å². The number of benzene rings is 3. The van der Waals surface area contributed by atoms with Gasteiger partial charge in [-0.2, -0.15) is 0 Å². The van der Waals surface area contributed by atoms with Crippen LogP contribution in [0.15, 0.2) is 66.7 Å². The van der Waals surface area contributed by atoms with Crippen molar-refractivity contribution in [3.8, 4) is 17.1 Å². The monoisotopic (exact) mass is 557 g/mol. The topological polar surface area (TPSA) is 86.5 Å². The van der Waals surface area contributed by atoms with E-state index in [2.05, 4.69) is 9.97 Å². The van der Waals surface area contributed by atoms with E-state index >= 15 is 4.39 Å². The van der Waals surface area contributed by atoms with Crippen LogP contribution in [0.5, 0.6) is 5.88 Å². The molecule has 0 saturated carbocycles. The van der Waals surface area contributed by atoms with Crippen molar-refractivity contribution < 1.29 is 28.2 Å². The lowest BCUT2D eigenvalue weighted by atomic mass is 10.0. The van der Waals surface area contributed by atoms with Gasteiger partial charge in [0.1, 0.15) is 24.1 Å². The molecule has 2 aromatic heterocycles. The summed E-state index contributed by atoms with van der Waals surface area (Å²) in [6.07, 6.45) is 0.199. The van der Waals surface area contributed by atoms with E-state index in [4.69, 9.17) is 9.47 Å². The number of halogens is 2. The number of ether oxygens (including phenoxy) is 2. The second kappa shape index (κ2) is 11.9. The van der Waals surface area contributed by atoms with E-state index in [9.17, 15) is 14.3 Å². The molecule has 210 valence electrons. The van der Waals surface area contributed by atoms with Crippen molar-refractivity contribution in [1.82, 2.24) is 14.5 Å². The van der Waals surface area contributed by atoms with Crippen LogP contribution in [0, 0.1) is 25.5 Å². The molecule has 2 heterocycles. The summed E-state index contributed by atoms with van der Waals surface area (Å²) >= 11 is 0. The van der Waals surface area contributed by atoms with Crippen LogP contribution < -0.4 is 4.74 Å². The summed E-state index contributed by atoms with van der Waals surface area (Å²) < 4.78 is 42.5. The van der Waals surface area contributed by atoms with Gasteiger partial charge in [0.05, 0.1) is 28.9 Å². The molecule has 0 unspecified atom stereocenters. The minimum absolute atomic E-state index is 0.0208. The van der Waals surface area contributed by atoms with E-state index in [1.54, 1.807) is 43.5 Å². The summed E-state index contributed by atoms with van der Waals surface area (Å²) in [5, 5.41) is 9.42. The zero-order chi connectivity index (χ0) is 29.1. The van der Waals surface area contributed by atoms with Gasteiger partial charge in [-0.1, -0.05) is 30.3 Å². The van der Waals surface area contributed by atoms with Crippen molar-refractivity contribution in [2.45, 2.75) is 33.4 Å². The van der Waals surface area contributed by atoms with E-state index < -0.39 is 11.8 Å². The predicted molar refractivity (Wildman–Crippen MR) is 151 cm³/mol. The first-order valence-corrected chi connectivity index (χ1v) is 13.1. The largest absolute Gasteiger partial charge is 0.478 e. The van der Waals surface area contributed by atoms with Gasteiger partial charge in [0.15, 0.2) is 0 Å². The second-order valence-electron chi connectivity index (χ2n) is 9.86. The number of imidazole rings is 1. The van der Waals surface area contributed by atoms with E-state index in [-0.39, 0.29) is 24.4 Å². The van der Waals surface area contributed by atoms with Crippen LogP contribution in [0.1, 0.15) is 38.4 Å². The number of pyridine rings is 1. The standard InChI is InChI=1S/C32H29F2N3O4/c1-19-4-6-24(25(33)14-19)18-41-30-11-5-20(2)31(36-30)22-8-7-21(26(34)15-22)17-29-35-27-10-9-23(32(38)39)16-28(27)37(29)12-13-40-3/h4-11,14-16H,12-13,17-18H2,1-3H3,(H,38,39). The molecule has 3 aromatic carbocycles. The maximum Gasteiger partial charge on any atom is 0.335 e. The van der Waals surface area contributed by atoms with Gasteiger partial charge in [-0.3, -0.25) is 0 Å². The van der Waals surface area contributed by atoms with Crippen LogP contribution in [0.4, 0.5) is 8.78 Å². The zero-order valence-corrected chi connectivity index (χ0v) is 22.9. The highest BCUT2D eigenvalue weighted by Crippen LogP contribution is 2.28. The maximum absolute atomic E-state index is 15.5. The van der Waals surface area contributed by atoms with Crippen LogP contribution in [-0.2, 0) is 24.3 Å². The fourth-order valence-electron chi connectivity index (χ4n) is 4.69. The van der Waals surface area contributed by atoms with Crippen molar-refractivity contribution in [3.05, 3.63) is 112 Å². The second-order valence-corrected chi connectivity index (χ2v) is 9.86. The fourth-order valence-corrected chi connectivity index (χ4v) is 4.69. The van der Waals surface area contributed by atoms with Crippen LogP contribution in [0.25, 0.3) is 22.3 Å². The molecule has 5 rings (SSSR count). The molecule has 9 heteroatoms. The smallest absolute Gasteiger partial charge is 0.335 e. The molecule has 0 spiro atoms. The molecule has 0 fully saturated rings. The molecule has 0 amide bonds. The Morgan fingerprint density at radius 1 is 0.927 bits per heavy atom. The molecular formula is C32H29F2N3O4. The predicted octanol–water partition coefficient (Wildman–Crippen LogP) is 6.51. The molecule has 0 radical (unpaired) electrons. The van der Waals surface area contributed by atoms with Crippen molar-refractivity contribution >= 4 is 17.0 Å². The van der Waals surface area contributed by atoms with E-state index in [0.29, 0.717) is 58.3 Å². The molecule has 1 N–H and O–H groups in total. The summed E-state index contributed by atoms with van der Waals surface area (Å²) in [4.78, 5) is 20.7. The minimum Gasteiger partial charge on any atom is -0.478 e. The van der Waals surface area contributed by atoms with Crippen LogP contribution in [0.2, 0.25) is 0 Å². The molecular weight excluding hydrogens is 528 g/mol. The molecule has 41 heavy (non-hydrogen) atoms. The van der Waals surface area contributed by atoms with E-state index in [1.807, 2.05) is 30.5 Å². The number of rotatable bonds is 10. The van der Waals surface area contributed by atoms with Gasteiger partial charge in [0.2, 0.25) is 5.88 Å². The quantitative estimate of drug-likeness (QED) is 0.211. The van der Waals surface area contributed by atoms with Crippen molar-refractivity contribution in [3.63, 3.8) is 0 Å². The molecule has 0 bridgehead atoms. The average molecular weight is 558 g/mol. The summed E-state index contributed by atoms with van der Waals surface area (Å²) in [5.74, 6) is -0.890. The molecule has 0 aliphatic rings. The molecule has 0 aliphatic carbocycles. The third-order valence-electron chi connectivity index (χ3n) is 6.92. The Balaban J connectivity index is 1.40. The molecule has 0 aliphatic heterocycles. The van der Waals surface area contributed by atoms with Gasteiger partial charge in [-0.05, 0) is 60.9 Å². The summed E-state index contributed by atoms with van der Waals surface area (Å²) in [7, 11) is 1.58. The summed E-state index contributed by atoms with van der Waals surface area (Å²) in [5.41, 5.74) is 5.08. The number of hydrogen-bond donors (Lipinski definition) is 1. The highest BCUT2D eigenvalue weighted by Gasteiger charge is 2.17. The van der Waals surface area contributed by atoms with Gasteiger partial charge in [-0.15, -0.1) is 0 Å². The number of fused-ring (bicyclic) bond motifs is 1. The van der Waals surface area contributed by atoms with Gasteiger partial charge >= 0.3 is 5.97 Å². The summed E-state index contributed by atoms with van der Waals surface area (Å²) in [6, 6.07) is 18.1. The Bertz CT molecular complexity index is 1750. The Labute approximate surface area is 236 Å². The van der Waals surface area contributed by atoms with Gasteiger partial charge in [0, 0.05) is 37.3 Å². The Kier molecular flexibility index (Phi) is 8.07. The average Bonchev–Trinajstić information content (AvgIpc) is 3.29. The van der Waals surface area contributed by atoms with Crippen LogP contribution >= 0.6 is 0 Å². The lowest BCUT2D eigenvalue weighted by molar-refractivity contribution is 0.0697. The summed E-state index contributed by atoms with van der Waals surface area (Å²) in [6.45, 7) is 4.54. The first kappa shape index (κ1) is 27.9. The van der Waals surface area contributed by atoms with Crippen molar-refractivity contribution in [2.75, 3.05) is 13.7 Å². The molecule has 0 atom stereocenters. The number of nitrogens with zero attached hydrogens (tertiary/aromatic N) is 3. The van der Waals surface area contributed by atoms with E-state index in [0.717, 1.165) is 11.1 Å². The normalized spacial score (nSPS) is 11.2. The van der Waals surface area contributed by atoms with Gasteiger partial charge in [-0.25, -0.2) is 23.5 Å². The minimum atomic E-state index is -1.03. The first-order valence-electron chi connectivity index (χ1n) is 13.1. The SMILES string of the molecule is COCCn1c(Cc2ccc(-c3nc(OCc4ccc(C)cc4F)ccc3C)cc2F)nc2ccc(C(=O)O)cc21. The number of aromatic carboxylic acids is 1. The lowest BCUT2D eigenvalue weighted by Gasteiger charge is -2.12.